The van der Waals surface area contributed by atoms with Crippen molar-refractivity contribution in [2.75, 3.05) is 6.54 Å². The minimum absolute atomic E-state index is 0.302. The molecule has 0 aliphatic carbocycles. The van der Waals surface area contributed by atoms with Crippen molar-refractivity contribution in [3.63, 3.8) is 0 Å². The van der Waals surface area contributed by atoms with Crippen LogP contribution in [-0.4, -0.2) is 11.7 Å². The van der Waals surface area contributed by atoms with Gasteiger partial charge in [-0.2, -0.15) is 0 Å². The van der Waals surface area contributed by atoms with Crippen molar-refractivity contribution in [3.05, 3.63) is 27.2 Å². The molecule has 0 saturated heterocycles. The fourth-order valence-corrected chi connectivity index (χ4v) is 1.86. The molecule has 0 aromatic heterocycles. The summed E-state index contributed by atoms with van der Waals surface area (Å²) in [4.78, 5) is 0. The van der Waals surface area contributed by atoms with E-state index in [0.717, 1.165) is 22.0 Å². The van der Waals surface area contributed by atoms with Crippen LogP contribution < -0.4 is 5.73 Å². The summed E-state index contributed by atoms with van der Waals surface area (Å²) in [6.07, 6.45) is 0.858. The lowest BCUT2D eigenvalue weighted by Gasteiger charge is -2.11. The lowest BCUT2D eigenvalue weighted by Crippen LogP contribution is -2.06. The maximum Gasteiger partial charge on any atom is 0.130 e. The van der Waals surface area contributed by atoms with E-state index in [0.29, 0.717) is 12.3 Å². The van der Waals surface area contributed by atoms with Crippen LogP contribution >= 0.6 is 15.9 Å². The summed E-state index contributed by atoms with van der Waals surface area (Å²) in [5.74, 6) is 0.302. The molecule has 0 aliphatic rings. The van der Waals surface area contributed by atoms with Gasteiger partial charge in [0, 0.05) is 0 Å². The molecule has 0 aliphatic heterocycles. The van der Waals surface area contributed by atoms with Gasteiger partial charge in [0.05, 0.1) is 4.47 Å². The lowest BCUT2D eigenvalue weighted by atomic mass is 10.00. The number of halogens is 1. The van der Waals surface area contributed by atoms with Gasteiger partial charge in [0.25, 0.3) is 0 Å². The van der Waals surface area contributed by atoms with Crippen molar-refractivity contribution >= 4 is 15.9 Å². The van der Waals surface area contributed by atoms with Crippen molar-refractivity contribution in [2.24, 2.45) is 5.73 Å². The Balaban J connectivity index is 3.26. The Hall–Kier alpha value is -0.540. The summed E-state index contributed by atoms with van der Waals surface area (Å²) in [5, 5.41) is 9.50. The molecular weight excluding hydrogens is 230 g/mol. The van der Waals surface area contributed by atoms with E-state index in [1.54, 1.807) is 6.07 Å². The smallest absolute Gasteiger partial charge is 0.130 e. The Morgan fingerprint density at radius 3 is 2.62 bits per heavy atom. The predicted octanol–water partition coefficient (Wildman–Crippen LogP) is 2.27. The van der Waals surface area contributed by atoms with E-state index in [4.69, 9.17) is 5.73 Å². The van der Waals surface area contributed by atoms with Crippen LogP contribution in [0.2, 0.25) is 0 Å². The number of hydrogen-bond donors (Lipinski definition) is 2. The van der Waals surface area contributed by atoms with Crippen molar-refractivity contribution in [3.8, 4) is 5.75 Å². The highest BCUT2D eigenvalue weighted by atomic mass is 79.9. The molecule has 2 nitrogen and oxygen atoms in total. The lowest BCUT2D eigenvalue weighted by molar-refractivity contribution is 0.470. The zero-order chi connectivity index (χ0) is 10.0. The van der Waals surface area contributed by atoms with Gasteiger partial charge in [0.2, 0.25) is 0 Å². The highest BCUT2D eigenvalue weighted by molar-refractivity contribution is 9.10. The average Bonchev–Trinajstić information content (AvgIpc) is 2.09. The summed E-state index contributed by atoms with van der Waals surface area (Å²) in [6.45, 7) is 4.62. The molecular formula is C10H14BrNO. The summed E-state index contributed by atoms with van der Waals surface area (Å²) in [5.41, 5.74) is 8.92. The van der Waals surface area contributed by atoms with E-state index < -0.39 is 0 Å². The topological polar surface area (TPSA) is 46.2 Å². The fourth-order valence-electron chi connectivity index (χ4n) is 1.50. The first kappa shape index (κ1) is 10.5. The van der Waals surface area contributed by atoms with Crippen LogP contribution in [0.5, 0.6) is 5.75 Å². The molecule has 72 valence electrons. The molecule has 1 rings (SSSR count). The summed E-state index contributed by atoms with van der Waals surface area (Å²) in [7, 11) is 0. The van der Waals surface area contributed by atoms with Gasteiger partial charge in [-0.1, -0.05) is 0 Å². The predicted molar refractivity (Wildman–Crippen MR) is 58.0 cm³/mol. The molecule has 3 heteroatoms. The molecule has 0 radical (unpaired) electrons. The van der Waals surface area contributed by atoms with Crippen molar-refractivity contribution in [1.82, 2.24) is 0 Å². The molecule has 1 aromatic carbocycles. The average molecular weight is 244 g/mol. The molecule has 0 fully saturated rings. The van der Waals surface area contributed by atoms with Gasteiger partial charge in [-0.3, -0.25) is 0 Å². The monoisotopic (exact) mass is 243 g/mol. The zero-order valence-corrected chi connectivity index (χ0v) is 9.48. The third-order valence-corrected chi connectivity index (χ3v) is 3.23. The van der Waals surface area contributed by atoms with Crippen molar-refractivity contribution in [1.29, 1.82) is 0 Å². The zero-order valence-electron chi connectivity index (χ0n) is 7.89. The second-order valence-corrected chi connectivity index (χ2v) is 3.96. The molecule has 0 spiro atoms. The minimum Gasteiger partial charge on any atom is -0.507 e. The highest BCUT2D eigenvalue weighted by Crippen LogP contribution is 2.32. The Morgan fingerprint density at radius 1 is 1.46 bits per heavy atom. The number of rotatable bonds is 2. The molecule has 13 heavy (non-hydrogen) atoms. The van der Waals surface area contributed by atoms with Crippen LogP contribution in [0.15, 0.2) is 10.5 Å². The van der Waals surface area contributed by atoms with Crippen LogP contribution in [0.1, 0.15) is 16.7 Å². The highest BCUT2D eigenvalue weighted by Gasteiger charge is 2.09. The molecule has 0 heterocycles. The first-order valence-electron chi connectivity index (χ1n) is 4.25. The Bertz CT molecular complexity index is 323. The number of phenolic OH excluding ortho intramolecular Hbond substituents is 1. The second-order valence-electron chi connectivity index (χ2n) is 3.17. The molecule has 0 unspecified atom stereocenters. The van der Waals surface area contributed by atoms with E-state index in [9.17, 15) is 5.11 Å². The Morgan fingerprint density at radius 2 is 2.08 bits per heavy atom. The van der Waals surface area contributed by atoms with Gasteiger partial charge in [-0.25, -0.2) is 0 Å². The number of phenols is 1. The van der Waals surface area contributed by atoms with Gasteiger partial charge in [-0.05, 0) is 65.5 Å². The van der Waals surface area contributed by atoms with Crippen LogP contribution in [0.25, 0.3) is 0 Å². The largest absolute Gasteiger partial charge is 0.507 e. The summed E-state index contributed by atoms with van der Waals surface area (Å²) < 4.78 is 0.779. The molecule has 0 saturated carbocycles. The number of aromatic hydroxyl groups is 1. The van der Waals surface area contributed by atoms with Crippen molar-refractivity contribution < 1.29 is 5.11 Å². The molecule has 0 atom stereocenters. The molecule has 1 aromatic rings. The van der Waals surface area contributed by atoms with Crippen LogP contribution in [0, 0.1) is 13.8 Å². The number of benzene rings is 1. The van der Waals surface area contributed by atoms with Gasteiger partial charge in [0.15, 0.2) is 0 Å². The summed E-state index contributed by atoms with van der Waals surface area (Å²) in [6, 6.07) is 1.77. The third kappa shape index (κ3) is 2.03. The minimum atomic E-state index is 0.302. The first-order valence-corrected chi connectivity index (χ1v) is 5.04. The number of aryl methyl sites for hydroxylation is 1. The van der Waals surface area contributed by atoms with E-state index in [2.05, 4.69) is 15.9 Å². The molecule has 0 amide bonds. The molecule has 0 bridgehead atoms. The van der Waals surface area contributed by atoms with Crippen LogP contribution in [0.4, 0.5) is 0 Å². The first-order chi connectivity index (χ1) is 6.07. The molecule has 3 N–H and O–H groups in total. The maximum absolute atomic E-state index is 9.50. The van der Waals surface area contributed by atoms with Crippen molar-refractivity contribution in [2.45, 2.75) is 20.3 Å². The van der Waals surface area contributed by atoms with Gasteiger partial charge in [-0.15, -0.1) is 0 Å². The standard InChI is InChI=1S/C10H14BrNO/c1-6-5-9(13)10(11)7(2)8(6)3-4-12/h5,13H,3-4,12H2,1-2H3. The van der Waals surface area contributed by atoms with Crippen LogP contribution in [-0.2, 0) is 6.42 Å². The van der Waals surface area contributed by atoms with Gasteiger partial charge < -0.3 is 10.8 Å². The number of hydrogen-bond acceptors (Lipinski definition) is 2. The number of nitrogens with two attached hydrogens (primary N) is 1. The van der Waals surface area contributed by atoms with E-state index in [1.165, 1.54) is 5.56 Å². The van der Waals surface area contributed by atoms with E-state index in [-0.39, 0.29) is 0 Å². The van der Waals surface area contributed by atoms with Crippen LogP contribution in [0.3, 0.4) is 0 Å². The summed E-state index contributed by atoms with van der Waals surface area (Å²) >= 11 is 3.34. The maximum atomic E-state index is 9.50. The Kier molecular flexibility index (Phi) is 3.33. The van der Waals surface area contributed by atoms with Gasteiger partial charge in [0.1, 0.15) is 5.75 Å². The van der Waals surface area contributed by atoms with Gasteiger partial charge >= 0.3 is 0 Å². The Labute approximate surface area is 86.9 Å². The fraction of sp³-hybridized carbons (Fsp3) is 0.400. The van der Waals surface area contributed by atoms with E-state index in [1.807, 2.05) is 13.8 Å². The second kappa shape index (κ2) is 4.11. The SMILES string of the molecule is Cc1cc(O)c(Br)c(C)c1CCN. The normalized spacial score (nSPS) is 10.5. The third-order valence-electron chi connectivity index (χ3n) is 2.23. The van der Waals surface area contributed by atoms with E-state index >= 15 is 0 Å². The quantitative estimate of drug-likeness (QED) is 0.838.